The van der Waals surface area contributed by atoms with E-state index in [-0.39, 0.29) is 5.82 Å². The Balaban J connectivity index is 2.04. The van der Waals surface area contributed by atoms with Gasteiger partial charge >= 0.3 is 0 Å². The summed E-state index contributed by atoms with van der Waals surface area (Å²) >= 11 is 0. The topological polar surface area (TPSA) is 12.0 Å². The molecule has 1 nitrogen and oxygen atoms in total. The summed E-state index contributed by atoms with van der Waals surface area (Å²) in [6.45, 7) is 6.54. The predicted octanol–water partition coefficient (Wildman–Crippen LogP) is 4.37. The van der Waals surface area contributed by atoms with Crippen molar-refractivity contribution in [1.82, 2.24) is 0 Å². The van der Waals surface area contributed by atoms with Crippen molar-refractivity contribution in [1.29, 1.82) is 0 Å². The van der Waals surface area contributed by atoms with E-state index in [0.29, 0.717) is 6.04 Å². The van der Waals surface area contributed by atoms with Gasteiger partial charge in [-0.3, -0.25) is 0 Å². The normalized spacial score (nSPS) is 29.1. The Labute approximate surface area is 103 Å². The van der Waals surface area contributed by atoms with Crippen molar-refractivity contribution in [3.8, 4) is 0 Å². The fourth-order valence-corrected chi connectivity index (χ4v) is 3.12. The molecule has 0 radical (unpaired) electrons. The van der Waals surface area contributed by atoms with Crippen LogP contribution in [0.2, 0.25) is 0 Å². The molecule has 2 atom stereocenters. The highest BCUT2D eigenvalue weighted by Crippen LogP contribution is 2.30. The van der Waals surface area contributed by atoms with Crippen molar-refractivity contribution < 1.29 is 4.39 Å². The second-order valence-corrected chi connectivity index (χ2v) is 5.78. The molecule has 0 aromatic heterocycles. The van der Waals surface area contributed by atoms with Crippen LogP contribution in [0.4, 0.5) is 10.1 Å². The van der Waals surface area contributed by atoms with E-state index in [1.165, 1.54) is 19.3 Å². The molecule has 94 valence electrons. The first kappa shape index (κ1) is 12.4. The number of anilines is 1. The standard InChI is InChI=1S/C15H22FN/c1-10-4-11(2)7-14(6-10)17-15-8-12(3)5-13(16)9-15/h5,8-11,14,17H,4,6-7H2,1-3H3. The summed E-state index contributed by atoms with van der Waals surface area (Å²) < 4.78 is 13.3. The minimum absolute atomic E-state index is 0.149. The number of benzene rings is 1. The molecule has 1 N–H and O–H groups in total. The van der Waals surface area contributed by atoms with Crippen LogP contribution in [0.3, 0.4) is 0 Å². The van der Waals surface area contributed by atoms with E-state index < -0.39 is 0 Å². The SMILES string of the molecule is Cc1cc(F)cc(NC2CC(C)CC(C)C2)c1. The quantitative estimate of drug-likeness (QED) is 0.802. The molecule has 0 saturated heterocycles. The van der Waals surface area contributed by atoms with E-state index in [4.69, 9.17) is 0 Å². The first-order valence-corrected chi connectivity index (χ1v) is 6.56. The Morgan fingerprint density at radius 2 is 1.71 bits per heavy atom. The summed E-state index contributed by atoms with van der Waals surface area (Å²) in [5.74, 6) is 1.39. The average molecular weight is 235 g/mol. The summed E-state index contributed by atoms with van der Waals surface area (Å²) in [5.41, 5.74) is 1.90. The first-order chi connectivity index (χ1) is 8.02. The van der Waals surface area contributed by atoms with Crippen LogP contribution in [0.5, 0.6) is 0 Å². The van der Waals surface area contributed by atoms with Crippen molar-refractivity contribution >= 4 is 5.69 Å². The number of aryl methyl sites for hydroxylation is 1. The van der Waals surface area contributed by atoms with E-state index in [9.17, 15) is 4.39 Å². The van der Waals surface area contributed by atoms with Crippen molar-refractivity contribution in [2.24, 2.45) is 11.8 Å². The molecular formula is C15H22FN. The lowest BCUT2D eigenvalue weighted by molar-refractivity contribution is 0.281. The summed E-state index contributed by atoms with van der Waals surface area (Å²) in [6.07, 6.45) is 3.71. The highest BCUT2D eigenvalue weighted by Gasteiger charge is 2.23. The third-order valence-corrected chi connectivity index (χ3v) is 3.59. The van der Waals surface area contributed by atoms with E-state index in [1.54, 1.807) is 12.1 Å². The fraction of sp³-hybridized carbons (Fsp3) is 0.600. The van der Waals surface area contributed by atoms with Crippen molar-refractivity contribution in [3.63, 3.8) is 0 Å². The van der Waals surface area contributed by atoms with E-state index >= 15 is 0 Å². The van der Waals surface area contributed by atoms with Crippen molar-refractivity contribution in [3.05, 3.63) is 29.6 Å². The lowest BCUT2D eigenvalue weighted by Gasteiger charge is -2.32. The highest BCUT2D eigenvalue weighted by molar-refractivity contribution is 5.46. The number of hydrogen-bond acceptors (Lipinski definition) is 1. The van der Waals surface area contributed by atoms with Crippen molar-refractivity contribution in [2.45, 2.75) is 46.1 Å². The smallest absolute Gasteiger partial charge is 0.125 e. The van der Waals surface area contributed by atoms with Gasteiger partial charge in [-0.1, -0.05) is 13.8 Å². The van der Waals surface area contributed by atoms with Crippen LogP contribution in [0.25, 0.3) is 0 Å². The second kappa shape index (κ2) is 5.07. The fourth-order valence-electron chi connectivity index (χ4n) is 3.12. The van der Waals surface area contributed by atoms with Gasteiger partial charge in [-0.25, -0.2) is 4.39 Å². The summed E-state index contributed by atoms with van der Waals surface area (Å²) in [7, 11) is 0. The van der Waals surface area contributed by atoms with Gasteiger partial charge in [-0.2, -0.15) is 0 Å². The van der Waals surface area contributed by atoms with Gasteiger partial charge in [0.05, 0.1) is 0 Å². The van der Waals surface area contributed by atoms with Gasteiger partial charge in [-0.05, 0) is 61.8 Å². The van der Waals surface area contributed by atoms with E-state index in [1.807, 2.05) is 13.0 Å². The van der Waals surface area contributed by atoms with E-state index in [0.717, 1.165) is 23.1 Å². The number of nitrogens with one attached hydrogen (secondary N) is 1. The zero-order valence-corrected chi connectivity index (χ0v) is 11.0. The molecule has 2 unspecified atom stereocenters. The van der Waals surface area contributed by atoms with Gasteiger partial charge in [0.1, 0.15) is 5.82 Å². The Morgan fingerprint density at radius 3 is 2.29 bits per heavy atom. The van der Waals surface area contributed by atoms with Crippen LogP contribution < -0.4 is 5.32 Å². The highest BCUT2D eigenvalue weighted by atomic mass is 19.1. The molecule has 1 aliphatic rings. The molecule has 1 aromatic rings. The maximum Gasteiger partial charge on any atom is 0.125 e. The molecule has 0 heterocycles. The van der Waals surface area contributed by atoms with Crippen LogP contribution in [0, 0.1) is 24.6 Å². The summed E-state index contributed by atoms with van der Waals surface area (Å²) in [5, 5.41) is 3.48. The molecular weight excluding hydrogens is 213 g/mol. The maximum absolute atomic E-state index is 13.3. The number of hydrogen-bond donors (Lipinski definition) is 1. The number of rotatable bonds is 2. The van der Waals surface area contributed by atoms with Crippen molar-refractivity contribution in [2.75, 3.05) is 5.32 Å². The minimum Gasteiger partial charge on any atom is -0.382 e. The molecule has 2 heteroatoms. The van der Waals surface area contributed by atoms with E-state index in [2.05, 4.69) is 19.2 Å². The zero-order valence-electron chi connectivity index (χ0n) is 11.0. The van der Waals surface area contributed by atoms with Gasteiger partial charge < -0.3 is 5.32 Å². The summed E-state index contributed by atoms with van der Waals surface area (Å²) in [6, 6.07) is 5.68. The lowest BCUT2D eigenvalue weighted by atomic mass is 9.80. The molecule has 0 spiro atoms. The van der Waals surface area contributed by atoms with Crippen LogP contribution in [0.1, 0.15) is 38.7 Å². The second-order valence-electron chi connectivity index (χ2n) is 5.78. The molecule has 17 heavy (non-hydrogen) atoms. The lowest BCUT2D eigenvalue weighted by Crippen LogP contribution is -2.30. The third kappa shape index (κ3) is 3.45. The van der Waals surface area contributed by atoms with Gasteiger partial charge in [-0.15, -0.1) is 0 Å². The van der Waals surface area contributed by atoms with Gasteiger partial charge in [0.25, 0.3) is 0 Å². The minimum atomic E-state index is -0.149. The van der Waals surface area contributed by atoms with Crippen LogP contribution in [-0.4, -0.2) is 6.04 Å². The Hall–Kier alpha value is -1.05. The molecule has 0 aliphatic heterocycles. The molecule has 2 rings (SSSR count). The Kier molecular flexibility index (Phi) is 3.70. The molecule has 1 saturated carbocycles. The molecule has 1 fully saturated rings. The van der Waals surface area contributed by atoms with Gasteiger partial charge in [0.15, 0.2) is 0 Å². The van der Waals surface area contributed by atoms with Crippen LogP contribution >= 0.6 is 0 Å². The first-order valence-electron chi connectivity index (χ1n) is 6.56. The molecule has 1 aromatic carbocycles. The number of halogens is 1. The zero-order chi connectivity index (χ0) is 12.4. The van der Waals surface area contributed by atoms with Crippen LogP contribution in [-0.2, 0) is 0 Å². The molecule has 0 bridgehead atoms. The Morgan fingerprint density at radius 1 is 1.06 bits per heavy atom. The van der Waals surface area contributed by atoms with Gasteiger partial charge in [0.2, 0.25) is 0 Å². The average Bonchev–Trinajstić information content (AvgIpc) is 2.13. The largest absolute Gasteiger partial charge is 0.382 e. The maximum atomic E-state index is 13.3. The molecule has 1 aliphatic carbocycles. The summed E-state index contributed by atoms with van der Waals surface area (Å²) in [4.78, 5) is 0. The monoisotopic (exact) mass is 235 g/mol. The van der Waals surface area contributed by atoms with Crippen LogP contribution in [0.15, 0.2) is 18.2 Å². The third-order valence-electron chi connectivity index (χ3n) is 3.59. The Bertz CT molecular complexity index is 358. The predicted molar refractivity (Wildman–Crippen MR) is 70.7 cm³/mol. The molecule has 0 amide bonds. The van der Waals surface area contributed by atoms with Gasteiger partial charge in [0, 0.05) is 11.7 Å².